The lowest BCUT2D eigenvalue weighted by Gasteiger charge is -2.35. The lowest BCUT2D eigenvalue weighted by Crippen LogP contribution is -2.49. The van der Waals surface area contributed by atoms with Crippen LogP contribution in [0.25, 0.3) is 11.5 Å². The molecule has 7 heteroatoms. The molecule has 0 unspecified atom stereocenters. The monoisotopic (exact) mass is 392 g/mol. The van der Waals surface area contributed by atoms with Crippen LogP contribution in [-0.4, -0.2) is 53.3 Å². The minimum Gasteiger partial charge on any atom is -0.491 e. The van der Waals surface area contributed by atoms with Crippen LogP contribution in [0.15, 0.2) is 59.2 Å². The number of hydrogen-bond donors (Lipinski definition) is 0. The van der Waals surface area contributed by atoms with Crippen molar-refractivity contribution in [1.29, 1.82) is 0 Å². The van der Waals surface area contributed by atoms with E-state index >= 15 is 0 Å². The summed E-state index contributed by atoms with van der Waals surface area (Å²) in [5.41, 5.74) is 1.38. The van der Waals surface area contributed by atoms with Crippen molar-refractivity contribution in [3.63, 3.8) is 0 Å². The predicted molar refractivity (Wildman–Crippen MR) is 110 cm³/mol. The molecule has 0 bridgehead atoms. The van der Waals surface area contributed by atoms with Gasteiger partial charge in [0.2, 0.25) is 0 Å². The molecule has 1 aliphatic rings. The summed E-state index contributed by atoms with van der Waals surface area (Å²) in [5.74, 6) is 2.32. The highest BCUT2D eigenvalue weighted by Crippen LogP contribution is 2.20. The number of ether oxygens (including phenoxy) is 1. The molecule has 1 aromatic carbocycles. The normalized spacial score (nSPS) is 14.3. The average Bonchev–Trinajstić information content (AvgIpc) is 3.29. The van der Waals surface area contributed by atoms with E-state index in [1.165, 1.54) is 0 Å². The first kappa shape index (κ1) is 19.0. The van der Waals surface area contributed by atoms with E-state index in [1.807, 2.05) is 67.3 Å². The Labute approximate surface area is 169 Å². The molecule has 2 aromatic heterocycles. The Hall–Kier alpha value is -3.35. The number of piperazine rings is 1. The van der Waals surface area contributed by atoms with Crippen LogP contribution >= 0.6 is 0 Å². The Bertz CT molecular complexity index is 929. The molecule has 1 amide bonds. The molecule has 29 heavy (non-hydrogen) atoms. The number of carbonyl (C=O) groups excluding carboxylic acids is 1. The van der Waals surface area contributed by atoms with Gasteiger partial charge in [-0.05, 0) is 62.4 Å². The van der Waals surface area contributed by atoms with Gasteiger partial charge < -0.3 is 19.0 Å². The Kier molecular flexibility index (Phi) is 5.46. The fraction of sp³-hybridized carbons (Fsp3) is 0.318. The fourth-order valence-electron chi connectivity index (χ4n) is 3.32. The largest absolute Gasteiger partial charge is 0.491 e. The number of anilines is 1. The van der Waals surface area contributed by atoms with E-state index in [0.717, 1.165) is 24.7 Å². The third kappa shape index (κ3) is 4.39. The first-order chi connectivity index (χ1) is 14.1. The molecule has 0 atom stereocenters. The highest BCUT2D eigenvalue weighted by atomic mass is 16.5. The van der Waals surface area contributed by atoms with Crippen molar-refractivity contribution in [3.8, 4) is 17.2 Å². The Morgan fingerprint density at radius 2 is 1.76 bits per heavy atom. The molecule has 1 fully saturated rings. The average molecular weight is 392 g/mol. The van der Waals surface area contributed by atoms with Gasteiger partial charge in [0.1, 0.15) is 11.4 Å². The van der Waals surface area contributed by atoms with Gasteiger partial charge >= 0.3 is 0 Å². The van der Waals surface area contributed by atoms with E-state index in [0.29, 0.717) is 30.1 Å². The molecule has 0 N–H and O–H groups in total. The van der Waals surface area contributed by atoms with Gasteiger partial charge in [0.15, 0.2) is 11.6 Å². The van der Waals surface area contributed by atoms with Gasteiger partial charge in [-0.25, -0.2) is 0 Å². The second-order valence-electron chi connectivity index (χ2n) is 7.22. The zero-order valence-electron chi connectivity index (χ0n) is 16.6. The Morgan fingerprint density at radius 1 is 1.00 bits per heavy atom. The zero-order chi connectivity index (χ0) is 20.2. The molecule has 150 valence electrons. The molecule has 0 radical (unpaired) electrons. The van der Waals surface area contributed by atoms with E-state index in [2.05, 4.69) is 15.1 Å². The van der Waals surface area contributed by atoms with Crippen LogP contribution in [0.1, 0.15) is 24.2 Å². The summed E-state index contributed by atoms with van der Waals surface area (Å²) in [7, 11) is 0. The second kappa shape index (κ2) is 8.34. The SMILES string of the molecule is CC(C)Oc1ccc(C(=O)N2CCN(c3ccc(-c4ccco4)nn3)CC2)cc1. The highest BCUT2D eigenvalue weighted by Gasteiger charge is 2.23. The first-order valence-corrected chi connectivity index (χ1v) is 9.79. The van der Waals surface area contributed by atoms with Gasteiger partial charge in [0, 0.05) is 31.7 Å². The van der Waals surface area contributed by atoms with Crippen LogP contribution in [0.2, 0.25) is 0 Å². The topological polar surface area (TPSA) is 71.7 Å². The standard InChI is InChI=1S/C22H24N4O3/c1-16(2)29-18-7-5-17(6-8-18)22(27)26-13-11-25(12-14-26)21-10-9-19(23-24-21)20-4-3-15-28-20/h3-10,15-16H,11-14H2,1-2H3. The van der Waals surface area contributed by atoms with Gasteiger partial charge in [-0.15, -0.1) is 10.2 Å². The van der Waals surface area contributed by atoms with Gasteiger partial charge in [-0.3, -0.25) is 4.79 Å². The summed E-state index contributed by atoms with van der Waals surface area (Å²) in [5, 5.41) is 8.57. The predicted octanol–water partition coefficient (Wildman–Crippen LogP) is 3.49. The summed E-state index contributed by atoms with van der Waals surface area (Å²) in [4.78, 5) is 16.8. The van der Waals surface area contributed by atoms with Crippen LogP contribution in [0.4, 0.5) is 5.82 Å². The van der Waals surface area contributed by atoms with Crippen molar-refractivity contribution in [2.75, 3.05) is 31.1 Å². The molecule has 4 rings (SSSR count). The number of hydrogen-bond acceptors (Lipinski definition) is 6. The number of furan rings is 1. The number of amides is 1. The second-order valence-corrected chi connectivity index (χ2v) is 7.22. The van der Waals surface area contributed by atoms with Crippen molar-refractivity contribution in [2.24, 2.45) is 0 Å². The lowest BCUT2D eigenvalue weighted by atomic mass is 10.1. The molecule has 3 aromatic rings. The summed E-state index contributed by atoms with van der Waals surface area (Å²) in [6, 6.07) is 14.9. The third-order valence-corrected chi connectivity index (χ3v) is 4.79. The molecular weight excluding hydrogens is 368 g/mol. The fourth-order valence-corrected chi connectivity index (χ4v) is 3.32. The number of aromatic nitrogens is 2. The van der Waals surface area contributed by atoms with Crippen LogP contribution in [-0.2, 0) is 0 Å². The zero-order valence-corrected chi connectivity index (χ0v) is 16.6. The third-order valence-electron chi connectivity index (χ3n) is 4.79. The van der Waals surface area contributed by atoms with Crippen LogP contribution in [0.3, 0.4) is 0 Å². The number of rotatable bonds is 5. The molecule has 1 aliphatic heterocycles. The van der Waals surface area contributed by atoms with E-state index in [9.17, 15) is 4.79 Å². The number of carbonyl (C=O) groups is 1. The lowest BCUT2D eigenvalue weighted by molar-refractivity contribution is 0.0746. The first-order valence-electron chi connectivity index (χ1n) is 9.79. The van der Waals surface area contributed by atoms with Gasteiger partial charge in [0.05, 0.1) is 12.4 Å². The quantitative estimate of drug-likeness (QED) is 0.662. The number of benzene rings is 1. The maximum Gasteiger partial charge on any atom is 0.253 e. The van der Waals surface area contributed by atoms with Crippen molar-refractivity contribution in [1.82, 2.24) is 15.1 Å². The summed E-state index contributed by atoms with van der Waals surface area (Å²) in [6.45, 7) is 6.68. The number of nitrogens with zero attached hydrogens (tertiary/aromatic N) is 4. The van der Waals surface area contributed by atoms with Crippen LogP contribution in [0.5, 0.6) is 5.75 Å². The summed E-state index contributed by atoms with van der Waals surface area (Å²) < 4.78 is 11.0. The maximum absolute atomic E-state index is 12.8. The van der Waals surface area contributed by atoms with E-state index in [-0.39, 0.29) is 12.0 Å². The Balaban J connectivity index is 1.34. The smallest absolute Gasteiger partial charge is 0.253 e. The van der Waals surface area contributed by atoms with Gasteiger partial charge in [-0.2, -0.15) is 0 Å². The molecule has 7 nitrogen and oxygen atoms in total. The Morgan fingerprint density at radius 3 is 2.34 bits per heavy atom. The summed E-state index contributed by atoms with van der Waals surface area (Å²) >= 11 is 0. The minimum atomic E-state index is 0.0417. The van der Waals surface area contributed by atoms with Crippen LogP contribution in [0, 0.1) is 0 Å². The molecule has 0 spiro atoms. The van der Waals surface area contributed by atoms with Crippen LogP contribution < -0.4 is 9.64 Å². The van der Waals surface area contributed by atoms with E-state index in [4.69, 9.17) is 9.15 Å². The highest BCUT2D eigenvalue weighted by molar-refractivity contribution is 5.94. The molecule has 1 saturated heterocycles. The van der Waals surface area contributed by atoms with E-state index in [1.54, 1.807) is 6.26 Å². The van der Waals surface area contributed by atoms with E-state index < -0.39 is 0 Å². The molecular formula is C22H24N4O3. The van der Waals surface area contributed by atoms with Gasteiger partial charge in [-0.1, -0.05) is 0 Å². The van der Waals surface area contributed by atoms with Crippen molar-refractivity contribution >= 4 is 11.7 Å². The van der Waals surface area contributed by atoms with Gasteiger partial charge in [0.25, 0.3) is 5.91 Å². The van der Waals surface area contributed by atoms with Crippen molar-refractivity contribution < 1.29 is 13.9 Å². The van der Waals surface area contributed by atoms with Crippen molar-refractivity contribution in [3.05, 3.63) is 60.4 Å². The molecule has 0 aliphatic carbocycles. The molecule has 3 heterocycles. The van der Waals surface area contributed by atoms with Crippen molar-refractivity contribution in [2.45, 2.75) is 20.0 Å². The molecule has 0 saturated carbocycles. The minimum absolute atomic E-state index is 0.0417. The summed E-state index contributed by atoms with van der Waals surface area (Å²) in [6.07, 6.45) is 1.73. The maximum atomic E-state index is 12.8.